The molecular weight excluding hydrogens is 442 g/mol. The van der Waals surface area contributed by atoms with Crippen molar-refractivity contribution in [3.63, 3.8) is 0 Å². The number of carbonyl (C=O) groups is 1. The van der Waals surface area contributed by atoms with Crippen molar-refractivity contribution in [2.75, 3.05) is 18.0 Å². The summed E-state index contributed by atoms with van der Waals surface area (Å²) in [4.78, 5) is 21.0. The van der Waals surface area contributed by atoms with Crippen LogP contribution in [0.15, 0.2) is 47.6 Å². The van der Waals surface area contributed by atoms with Gasteiger partial charge in [-0.25, -0.2) is 18.9 Å². The Bertz CT molecular complexity index is 842. The second kappa shape index (κ2) is 11.0. The van der Waals surface area contributed by atoms with Gasteiger partial charge in [0.05, 0.1) is 24.5 Å². The zero-order chi connectivity index (χ0) is 18.5. The van der Waals surface area contributed by atoms with E-state index >= 15 is 0 Å². The molecule has 1 aliphatic rings. The number of aromatic nitrogens is 3. The Hall–Kier alpha value is -2.17. The molecule has 0 saturated carbocycles. The fraction of sp³-hybridized carbons (Fsp3) is 0.235. The van der Waals surface area contributed by atoms with Gasteiger partial charge in [-0.3, -0.25) is 9.89 Å². The summed E-state index contributed by atoms with van der Waals surface area (Å²) >= 11 is 0. The second-order valence-electron chi connectivity index (χ2n) is 5.55. The molecule has 3 rings (SSSR count). The Kier molecular flexibility index (Phi) is 9.37. The molecule has 2 heterocycles. The molecule has 0 bridgehead atoms. The van der Waals surface area contributed by atoms with Crippen LogP contribution in [-0.4, -0.2) is 46.3 Å². The van der Waals surface area contributed by atoms with Gasteiger partial charge in [-0.05, 0) is 18.2 Å². The summed E-state index contributed by atoms with van der Waals surface area (Å²) in [6, 6.07) is 4.25. The number of anilines is 1. The maximum absolute atomic E-state index is 14.3. The number of nitrogens with zero attached hydrogens (tertiary/aromatic N) is 5. The molecule has 28 heavy (non-hydrogen) atoms. The predicted octanol–water partition coefficient (Wildman–Crippen LogP) is 2.49. The standard InChI is InChI=1S/C16H17FN7O2.CH3.Y/c17-14-3-12(24-8-13(5-19)26-16(24)25)1-2-15(14)21-6-11(4-18)7-23-10-20-9-22-23;;/h1-4,6,9-10,13,19H,5,7-8,18H2;1H3;/q2*-1;/b11-4+,21-6?;;. The third-order valence-corrected chi connectivity index (χ3v) is 3.74. The number of amides is 1. The molecule has 1 saturated heterocycles. The number of halogens is 1. The van der Waals surface area contributed by atoms with Crippen LogP contribution in [0.2, 0.25) is 0 Å². The van der Waals surface area contributed by atoms with Crippen LogP contribution in [0, 0.1) is 13.2 Å². The van der Waals surface area contributed by atoms with Crippen molar-refractivity contribution in [3.8, 4) is 0 Å². The number of aliphatic imine (C=N–C) groups is 1. The molecule has 3 N–H and O–H groups in total. The Labute approximate surface area is 187 Å². The minimum atomic E-state index is -0.585. The smallest absolute Gasteiger partial charge is 0.414 e. The quantitative estimate of drug-likeness (QED) is 0.522. The minimum absolute atomic E-state index is 0. The molecule has 11 heteroatoms. The summed E-state index contributed by atoms with van der Waals surface area (Å²) in [6.45, 7) is 0.545. The van der Waals surface area contributed by atoms with Crippen molar-refractivity contribution in [2.24, 2.45) is 10.7 Å². The predicted molar refractivity (Wildman–Crippen MR) is 100 cm³/mol. The summed E-state index contributed by atoms with van der Waals surface area (Å²) in [5, 5.41) is 3.96. The number of cyclic esters (lactones) is 1. The number of nitrogens with two attached hydrogens (primary N) is 1. The Morgan fingerprint density at radius 3 is 2.86 bits per heavy atom. The summed E-state index contributed by atoms with van der Waals surface area (Å²) in [7, 11) is 0. The first-order valence-corrected chi connectivity index (χ1v) is 7.80. The molecule has 1 atom stereocenters. The van der Waals surface area contributed by atoms with Crippen LogP contribution in [0.4, 0.5) is 20.6 Å². The van der Waals surface area contributed by atoms with Crippen molar-refractivity contribution in [1.29, 1.82) is 0 Å². The topological polar surface area (TPSA) is 122 Å². The minimum Gasteiger partial charge on any atom is -0.674 e. The maximum atomic E-state index is 14.3. The van der Waals surface area contributed by atoms with Gasteiger partial charge in [-0.2, -0.15) is 5.10 Å². The molecule has 1 fully saturated rings. The molecule has 0 aliphatic carbocycles. The van der Waals surface area contributed by atoms with Gasteiger partial charge >= 0.3 is 6.09 Å². The first-order valence-electron chi connectivity index (χ1n) is 7.80. The van der Waals surface area contributed by atoms with E-state index in [1.807, 2.05) is 0 Å². The molecule has 1 radical (unpaired) electrons. The fourth-order valence-corrected chi connectivity index (χ4v) is 2.40. The van der Waals surface area contributed by atoms with Gasteiger partial charge in [-0.15, -0.1) is 6.54 Å². The van der Waals surface area contributed by atoms with Crippen LogP contribution < -0.4 is 10.6 Å². The van der Waals surface area contributed by atoms with Gasteiger partial charge in [0.15, 0.2) is 5.82 Å². The number of carbonyl (C=O) groups excluding carboxylic acids is 1. The molecule has 9 nitrogen and oxygen atoms in total. The first-order chi connectivity index (χ1) is 12.6. The van der Waals surface area contributed by atoms with E-state index in [-0.39, 0.29) is 58.9 Å². The van der Waals surface area contributed by atoms with Crippen molar-refractivity contribution in [3.05, 3.63) is 61.6 Å². The van der Waals surface area contributed by atoms with E-state index in [2.05, 4.69) is 15.1 Å². The summed E-state index contributed by atoms with van der Waals surface area (Å²) in [6.07, 6.45) is 4.65. The van der Waals surface area contributed by atoms with Crippen molar-refractivity contribution >= 4 is 23.7 Å². The van der Waals surface area contributed by atoms with Crippen molar-refractivity contribution < 1.29 is 46.6 Å². The zero-order valence-electron chi connectivity index (χ0n) is 15.3. The number of rotatable bonds is 6. The monoisotopic (exact) mass is 462 g/mol. The van der Waals surface area contributed by atoms with Gasteiger partial charge in [0, 0.05) is 50.7 Å². The molecular formula is C17H20FN7O2Y-2. The molecule has 0 spiro atoms. The van der Waals surface area contributed by atoms with Crippen LogP contribution in [0.3, 0.4) is 0 Å². The summed E-state index contributed by atoms with van der Waals surface area (Å²) in [5.74, 6) is -0.585. The molecule has 2 aromatic rings. The van der Waals surface area contributed by atoms with Crippen LogP contribution >= 0.6 is 0 Å². The maximum Gasteiger partial charge on any atom is 0.414 e. The second-order valence-corrected chi connectivity index (χ2v) is 5.55. The molecule has 1 amide bonds. The first kappa shape index (κ1) is 23.9. The van der Waals surface area contributed by atoms with Crippen molar-refractivity contribution in [2.45, 2.75) is 12.6 Å². The molecule has 1 unspecified atom stereocenters. The van der Waals surface area contributed by atoms with Crippen molar-refractivity contribution in [1.82, 2.24) is 14.8 Å². The normalized spacial score (nSPS) is 16.6. The number of hydrogen-bond donors (Lipinski definition) is 1. The van der Waals surface area contributed by atoms with Gasteiger partial charge < -0.3 is 23.6 Å². The largest absolute Gasteiger partial charge is 0.674 e. The van der Waals surface area contributed by atoms with E-state index in [0.29, 0.717) is 17.8 Å². The van der Waals surface area contributed by atoms with E-state index in [1.165, 1.54) is 42.1 Å². The van der Waals surface area contributed by atoms with Crippen LogP contribution in [-0.2, 0) is 44.0 Å². The van der Waals surface area contributed by atoms with Crippen LogP contribution in [0.25, 0.3) is 5.73 Å². The number of nitrogens with one attached hydrogen (secondary N) is 1. The molecule has 1 aliphatic heterocycles. The van der Waals surface area contributed by atoms with E-state index < -0.39 is 18.0 Å². The molecule has 1 aromatic carbocycles. The van der Waals surface area contributed by atoms with Gasteiger partial charge in [0.25, 0.3) is 0 Å². The average molecular weight is 462 g/mol. The zero-order valence-corrected chi connectivity index (χ0v) is 18.2. The van der Waals surface area contributed by atoms with Crippen LogP contribution in [0.1, 0.15) is 0 Å². The van der Waals surface area contributed by atoms with E-state index in [0.717, 1.165) is 0 Å². The Morgan fingerprint density at radius 2 is 2.29 bits per heavy atom. The number of ether oxygens (including phenoxy) is 1. The summed E-state index contributed by atoms with van der Waals surface area (Å²) < 4.78 is 20.9. The third-order valence-electron chi connectivity index (χ3n) is 3.74. The SMILES string of the molecule is [CH3-].[NH-]CC1CN(c2ccc(N=C/C(=C\N)Cn3cncn3)c(F)c2)C(=O)O1.[Y]. The fourth-order valence-electron chi connectivity index (χ4n) is 2.40. The Balaban J connectivity index is 0.00000196. The number of allylic oxidation sites excluding steroid dienone is 1. The van der Waals surface area contributed by atoms with E-state index in [1.54, 1.807) is 10.7 Å². The summed E-state index contributed by atoms with van der Waals surface area (Å²) in [5.41, 5.74) is 13.9. The number of benzene rings is 1. The van der Waals surface area contributed by atoms with Gasteiger partial charge in [-0.1, -0.05) is 0 Å². The third kappa shape index (κ3) is 5.67. The van der Waals surface area contributed by atoms with E-state index in [9.17, 15) is 9.18 Å². The van der Waals surface area contributed by atoms with Gasteiger partial charge in [0.2, 0.25) is 0 Å². The molecule has 147 valence electrons. The van der Waals surface area contributed by atoms with Gasteiger partial charge in [0.1, 0.15) is 18.8 Å². The number of hydrogen-bond acceptors (Lipinski definition) is 6. The van der Waals surface area contributed by atoms with E-state index in [4.69, 9.17) is 16.2 Å². The average Bonchev–Trinajstić information content (AvgIpc) is 3.28. The Morgan fingerprint density at radius 1 is 1.50 bits per heavy atom. The van der Waals surface area contributed by atoms with Crippen LogP contribution in [0.5, 0.6) is 0 Å². The molecule has 1 aromatic heterocycles.